The number of carbonyl (C=O) groups excluding carboxylic acids is 2. The third kappa shape index (κ3) is 4.21. The number of benzene rings is 2. The highest BCUT2D eigenvalue weighted by Crippen LogP contribution is 2.32. The monoisotopic (exact) mass is 424 g/mol. The summed E-state index contributed by atoms with van der Waals surface area (Å²) in [7, 11) is 0. The molecule has 2 atom stereocenters. The Kier molecular flexibility index (Phi) is 5.81. The van der Waals surface area contributed by atoms with Crippen molar-refractivity contribution in [2.75, 3.05) is 6.54 Å². The maximum atomic E-state index is 13.0. The van der Waals surface area contributed by atoms with Crippen molar-refractivity contribution in [3.05, 3.63) is 71.1 Å². The molecule has 0 saturated carbocycles. The van der Waals surface area contributed by atoms with Gasteiger partial charge in [-0.25, -0.2) is 0 Å². The SMILES string of the molecule is C[C@H](NC(=O)c1ccccc1)C(=O)N1CCC[C@H]1c1nc(-c2cccc(Cl)c2)no1. The minimum absolute atomic E-state index is 0.177. The molecule has 30 heavy (non-hydrogen) atoms. The van der Waals surface area contributed by atoms with Crippen molar-refractivity contribution in [3.63, 3.8) is 0 Å². The smallest absolute Gasteiger partial charge is 0.251 e. The Balaban J connectivity index is 1.47. The van der Waals surface area contributed by atoms with Crippen molar-refractivity contribution >= 4 is 23.4 Å². The third-order valence-corrected chi connectivity index (χ3v) is 5.33. The first-order valence-electron chi connectivity index (χ1n) is 9.79. The highest BCUT2D eigenvalue weighted by molar-refractivity contribution is 6.30. The van der Waals surface area contributed by atoms with Gasteiger partial charge in [-0.2, -0.15) is 4.98 Å². The van der Waals surface area contributed by atoms with Crippen molar-refractivity contribution in [1.29, 1.82) is 0 Å². The molecule has 8 heteroatoms. The van der Waals surface area contributed by atoms with Crippen molar-refractivity contribution in [3.8, 4) is 11.4 Å². The van der Waals surface area contributed by atoms with Crippen LogP contribution in [0.1, 0.15) is 42.1 Å². The van der Waals surface area contributed by atoms with E-state index in [0.717, 1.165) is 18.4 Å². The van der Waals surface area contributed by atoms with Crippen LogP contribution in [0.25, 0.3) is 11.4 Å². The summed E-state index contributed by atoms with van der Waals surface area (Å²) in [6.45, 7) is 2.26. The van der Waals surface area contributed by atoms with Gasteiger partial charge in [0.15, 0.2) is 0 Å². The Morgan fingerprint density at radius 2 is 2.00 bits per heavy atom. The van der Waals surface area contributed by atoms with E-state index < -0.39 is 6.04 Å². The topological polar surface area (TPSA) is 88.3 Å². The first-order chi connectivity index (χ1) is 14.5. The van der Waals surface area contributed by atoms with Gasteiger partial charge in [0, 0.05) is 22.7 Å². The summed E-state index contributed by atoms with van der Waals surface area (Å²) in [6.07, 6.45) is 1.55. The van der Waals surface area contributed by atoms with Gasteiger partial charge < -0.3 is 14.7 Å². The molecule has 7 nitrogen and oxygen atoms in total. The van der Waals surface area contributed by atoms with E-state index in [-0.39, 0.29) is 17.9 Å². The molecule has 3 aromatic rings. The van der Waals surface area contributed by atoms with E-state index in [2.05, 4.69) is 15.5 Å². The summed E-state index contributed by atoms with van der Waals surface area (Å²) in [5.41, 5.74) is 1.26. The largest absolute Gasteiger partial charge is 0.341 e. The second kappa shape index (κ2) is 8.67. The van der Waals surface area contributed by atoms with Crippen LogP contribution in [0, 0.1) is 0 Å². The Morgan fingerprint density at radius 1 is 1.20 bits per heavy atom. The minimum atomic E-state index is -0.673. The third-order valence-electron chi connectivity index (χ3n) is 5.10. The van der Waals surface area contributed by atoms with Gasteiger partial charge in [-0.1, -0.05) is 47.1 Å². The van der Waals surface area contributed by atoms with E-state index in [4.69, 9.17) is 16.1 Å². The van der Waals surface area contributed by atoms with Crippen molar-refractivity contribution < 1.29 is 14.1 Å². The maximum Gasteiger partial charge on any atom is 0.251 e. The van der Waals surface area contributed by atoms with Crippen LogP contribution in [0.15, 0.2) is 59.1 Å². The lowest BCUT2D eigenvalue weighted by atomic mass is 10.1. The standard InChI is InChI=1S/C22H21ClN4O3/c1-14(24-20(28)15-7-3-2-4-8-15)22(29)27-12-6-11-18(27)21-25-19(26-30-21)16-9-5-10-17(23)13-16/h2-5,7-10,13-14,18H,6,11-12H2,1H3,(H,24,28)/t14-,18-/m0/s1. The molecule has 0 aliphatic carbocycles. The molecule has 2 heterocycles. The summed E-state index contributed by atoms with van der Waals surface area (Å²) in [5.74, 6) is 0.354. The number of nitrogens with zero attached hydrogens (tertiary/aromatic N) is 3. The molecular formula is C22H21ClN4O3. The molecule has 1 aliphatic rings. The second-order valence-corrected chi connectivity index (χ2v) is 7.65. The van der Waals surface area contributed by atoms with Crippen molar-refractivity contribution in [1.82, 2.24) is 20.4 Å². The first kappa shape index (κ1) is 20.1. The Hall–Kier alpha value is -3.19. The van der Waals surface area contributed by atoms with Gasteiger partial charge in [-0.15, -0.1) is 0 Å². The number of hydrogen-bond acceptors (Lipinski definition) is 5. The zero-order chi connectivity index (χ0) is 21.1. The van der Waals surface area contributed by atoms with Crippen molar-refractivity contribution in [2.24, 2.45) is 0 Å². The fraction of sp³-hybridized carbons (Fsp3) is 0.273. The summed E-state index contributed by atoms with van der Waals surface area (Å²) >= 11 is 6.04. The van der Waals surface area contributed by atoms with Gasteiger partial charge in [0.2, 0.25) is 17.6 Å². The van der Waals surface area contributed by atoms with Crippen LogP contribution in [-0.2, 0) is 4.79 Å². The first-order valence-corrected chi connectivity index (χ1v) is 10.2. The molecule has 1 saturated heterocycles. The lowest BCUT2D eigenvalue weighted by Gasteiger charge is -2.25. The number of likely N-dealkylation sites (tertiary alicyclic amines) is 1. The summed E-state index contributed by atoms with van der Waals surface area (Å²) in [5, 5.41) is 7.40. The number of hydrogen-bond donors (Lipinski definition) is 1. The Bertz CT molecular complexity index is 1050. The Labute approximate surface area is 179 Å². The number of aromatic nitrogens is 2. The molecule has 0 bridgehead atoms. The summed E-state index contributed by atoms with van der Waals surface area (Å²) in [4.78, 5) is 31.6. The zero-order valence-electron chi connectivity index (χ0n) is 16.4. The number of nitrogens with one attached hydrogen (secondary N) is 1. The lowest BCUT2D eigenvalue weighted by Crippen LogP contribution is -2.46. The molecule has 0 unspecified atom stereocenters. The molecule has 0 spiro atoms. The summed E-state index contributed by atoms with van der Waals surface area (Å²) < 4.78 is 5.47. The average Bonchev–Trinajstić information content (AvgIpc) is 3.43. The van der Waals surface area contributed by atoms with Crippen LogP contribution in [0.3, 0.4) is 0 Å². The molecule has 0 radical (unpaired) electrons. The molecular weight excluding hydrogens is 404 g/mol. The van der Waals surface area contributed by atoms with Crippen LogP contribution in [0.5, 0.6) is 0 Å². The van der Waals surface area contributed by atoms with Gasteiger partial charge >= 0.3 is 0 Å². The molecule has 1 aliphatic heterocycles. The number of halogens is 1. The van der Waals surface area contributed by atoms with Crippen LogP contribution in [0.2, 0.25) is 5.02 Å². The van der Waals surface area contributed by atoms with Gasteiger partial charge in [-0.3, -0.25) is 9.59 Å². The van der Waals surface area contributed by atoms with Gasteiger partial charge in [0.05, 0.1) is 0 Å². The van der Waals surface area contributed by atoms with Gasteiger partial charge in [0.25, 0.3) is 5.91 Å². The quantitative estimate of drug-likeness (QED) is 0.671. The molecule has 1 fully saturated rings. The fourth-order valence-electron chi connectivity index (χ4n) is 3.58. The second-order valence-electron chi connectivity index (χ2n) is 7.22. The van der Waals surface area contributed by atoms with Gasteiger partial charge in [0.1, 0.15) is 12.1 Å². The van der Waals surface area contributed by atoms with E-state index >= 15 is 0 Å². The molecule has 154 valence electrons. The Morgan fingerprint density at radius 3 is 2.77 bits per heavy atom. The number of carbonyl (C=O) groups is 2. The van der Waals surface area contributed by atoms with E-state index in [0.29, 0.717) is 28.8 Å². The van der Waals surface area contributed by atoms with E-state index in [1.807, 2.05) is 18.2 Å². The van der Waals surface area contributed by atoms with Crippen LogP contribution < -0.4 is 5.32 Å². The lowest BCUT2D eigenvalue weighted by molar-refractivity contribution is -0.134. The van der Waals surface area contributed by atoms with E-state index in [9.17, 15) is 9.59 Å². The predicted octanol–water partition coefficient (Wildman–Crippen LogP) is 3.87. The molecule has 1 aromatic heterocycles. The molecule has 1 N–H and O–H groups in total. The highest BCUT2D eigenvalue weighted by Gasteiger charge is 2.36. The van der Waals surface area contributed by atoms with Crippen molar-refractivity contribution in [2.45, 2.75) is 31.8 Å². The average molecular weight is 425 g/mol. The summed E-state index contributed by atoms with van der Waals surface area (Å²) in [6, 6.07) is 15.0. The molecule has 4 rings (SSSR count). The molecule has 2 amide bonds. The zero-order valence-corrected chi connectivity index (χ0v) is 17.2. The van der Waals surface area contributed by atoms with E-state index in [1.165, 1.54) is 0 Å². The van der Waals surface area contributed by atoms with Crippen LogP contribution in [0.4, 0.5) is 0 Å². The normalized spacial score (nSPS) is 17.0. The molecule has 2 aromatic carbocycles. The van der Waals surface area contributed by atoms with Crippen LogP contribution in [-0.4, -0.2) is 39.4 Å². The number of amides is 2. The number of rotatable bonds is 5. The fourth-order valence-corrected chi connectivity index (χ4v) is 3.77. The highest BCUT2D eigenvalue weighted by atomic mass is 35.5. The van der Waals surface area contributed by atoms with Gasteiger partial charge in [-0.05, 0) is 44.0 Å². The van der Waals surface area contributed by atoms with E-state index in [1.54, 1.807) is 48.2 Å². The predicted molar refractivity (Wildman–Crippen MR) is 112 cm³/mol. The maximum absolute atomic E-state index is 13.0. The minimum Gasteiger partial charge on any atom is -0.341 e. The van der Waals surface area contributed by atoms with Crippen LogP contribution >= 0.6 is 11.6 Å².